The molecule has 20 heavy (non-hydrogen) atoms. The molecule has 1 aliphatic carbocycles. The zero-order valence-electron chi connectivity index (χ0n) is 11.7. The summed E-state index contributed by atoms with van der Waals surface area (Å²) in [6.07, 6.45) is 0.356. The van der Waals surface area contributed by atoms with Crippen molar-refractivity contribution in [3.8, 4) is 0 Å². The molecule has 1 N–H and O–H groups in total. The van der Waals surface area contributed by atoms with E-state index in [4.69, 9.17) is 14.2 Å². The fraction of sp³-hybridized carbons (Fsp3) is 0.533. The molecule has 0 bridgehead atoms. The second kappa shape index (κ2) is 6.35. The number of rotatable bonds is 7. The molecule has 2 atom stereocenters. The molecule has 0 aliphatic heterocycles. The van der Waals surface area contributed by atoms with Crippen LogP contribution in [0.5, 0.6) is 0 Å². The zero-order chi connectivity index (χ0) is 14.6. The molecule has 0 aromatic heterocycles. The second-order valence-corrected chi connectivity index (χ2v) is 4.98. The summed E-state index contributed by atoms with van der Waals surface area (Å²) in [4.78, 5) is 11.2. The van der Waals surface area contributed by atoms with Crippen molar-refractivity contribution in [1.29, 1.82) is 0 Å². The van der Waals surface area contributed by atoms with Gasteiger partial charge in [-0.1, -0.05) is 30.3 Å². The third kappa shape index (κ3) is 2.85. The molecule has 2 rings (SSSR count). The predicted octanol–water partition coefficient (Wildman–Crippen LogP) is 1.91. The fourth-order valence-electron chi connectivity index (χ4n) is 2.68. The molecule has 0 heterocycles. The van der Waals surface area contributed by atoms with Crippen LogP contribution in [0.1, 0.15) is 12.0 Å². The summed E-state index contributed by atoms with van der Waals surface area (Å²) in [6, 6.07) is 9.76. The molecule has 0 radical (unpaired) electrons. The third-order valence-electron chi connectivity index (χ3n) is 3.97. The molecule has 0 spiro atoms. The van der Waals surface area contributed by atoms with E-state index in [0.717, 1.165) is 5.56 Å². The largest absolute Gasteiger partial charge is 0.481 e. The monoisotopic (exact) mass is 280 g/mol. The molecule has 0 amide bonds. The zero-order valence-corrected chi connectivity index (χ0v) is 11.7. The minimum absolute atomic E-state index is 0.293. The molecule has 110 valence electrons. The smallest absolute Gasteiger partial charge is 0.307 e. The lowest BCUT2D eigenvalue weighted by molar-refractivity contribution is -0.316. The standard InChI is InChI=1S/C15H20O5/c1-18-15(19-2)8-12(14(16)17)13(15)10-20-9-11-6-4-3-5-7-11/h3-7,12-13H,8-10H2,1-2H3,(H,16,17)/t12-,13?/m0/s1. The Labute approximate surface area is 118 Å². The summed E-state index contributed by atoms with van der Waals surface area (Å²) in [5.41, 5.74) is 1.05. The highest BCUT2D eigenvalue weighted by Gasteiger charge is 2.58. The van der Waals surface area contributed by atoms with Crippen molar-refractivity contribution in [2.24, 2.45) is 11.8 Å². The quantitative estimate of drug-likeness (QED) is 0.773. The van der Waals surface area contributed by atoms with Crippen molar-refractivity contribution in [1.82, 2.24) is 0 Å². The van der Waals surface area contributed by atoms with E-state index < -0.39 is 17.7 Å². The van der Waals surface area contributed by atoms with Gasteiger partial charge in [0.25, 0.3) is 0 Å². The van der Waals surface area contributed by atoms with Crippen molar-refractivity contribution in [2.45, 2.75) is 18.8 Å². The summed E-state index contributed by atoms with van der Waals surface area (Å²) >= 11 is 0. The van der Waals surface area contributed by atoms with Crippen molar-refractivity contribution < 1.29 is 24.1 Å². The number of ether oxygens (including phenoxy) is 3. The Kier molecular flexibility index (Phi) is 4.75. The molecule has 1 unspecified atom stereocenters. The maximum absolute atomic E-state index is 11.2. The van der Waals surface area contributed by atoms with Crippen LogP contribution in [0.25, 0.3) is 0 Å². The van der Waals surface area contributed by atoms with Gasteiger partial charge in [-0.25, -0.2) is 0 Å². The van der Waals surface area contributed by atoms with Crippen molar-refractivity contribution in [3.05, 3.63) is 35.9 Å². The van der Waals surface area contributed by atoms with Gasteiger partial charge < -0.3 is 19.3 Å². The summed E-state index contributed by atoms with van der Waals surface area (Å²) in [6.45, 7) is 0.751. The number of hydrogen-bond donors (Lipinski definition) is 1. The minimum atomic E-state index is -0.834. The number of carbonyl (C=O) groups is 1. The first kappa shape index (κ1) is 15.0. The van der Waals surface area contributed by atoms with Crippen molar-refractivity contribution in [3.63, 3.8) is 0 Å². The topological polar surface area (TPSA) is 65.0 Å². The van der Waals surface area contributed by atoms with Gasteiger partial charge in [-0.3, -0.25) is 4.79 Å². The third-order valence-corrected chi connectivity index (χ3v) is 3.97. The second-order valence-electron chi connectivity index (χ2n) is 4.98. The van der Waals surface area contributed by atoms with Crippen LogP contribution in [0.2, 0.25) is 0 Å². The van der Waals surface area contributed by atoms with Crippen molar-refractivity contribution in [2.75, 3.05) is 20.8 Å². The van der Waals surface area contributed by atoms with Crippen LogP contribution in [-0.2, 0) is 25.6 Å². The van der Waals surface area contributed by atoms with E-state index in [9.17, 15) is 9.90 Å². The molecule has 5 nitrogen and oxygen atoms in total. The lowest BCUT2D eigenvalue weighted by atomic mass is 9.68. The van der Waals surface area contributed by atoms with Crippen LogP contribution < -0.4 is 0 Å². The van der Waals surface area contributed by atoms with Gasteiger partial charge in [0, 0.05) is 26.6 Å². The highest BCUT2D eigenvalue weighted by molar-refractivity contribution is 5.72. The van der Waals surface area contributed by atoms with Crippen LogP contribution in [-0.4, -0.2) is 37.7 Å². The number of carboxylic acids is 1. The molecule has 1 fully saturated rings. The number of benzene rings is 1. The maximum Gasteiger partial charge on any atom is 0.307 e. The average Bonchev–Trinajstić information content (AvgIpc) is 2.45. The Hall–Kier alpha value is -1.43. The average molecular weight is 280 g/mol. The Balaban J connectivity index is 1.92. The molecule has 0 saturated heterocycles. The Bertz CT molecular complexity index is 441. The Morgan fingerprint density at radius 3 is 2.50 bits per heavy atom. The van der Waals surface area contributed by atoms with Crippen LogP contribution in [0.4, 0.5) is 0 Å². The van der Waals surface area contributed by atoms with E-state index >= 15 is 0 Å². The van der Waals surface area contributed by atoms with E-state index in [1.54, 1.807) is 0 Å². The molecular formula is C15H20O5. The van der Waals surface area contributed by atoms with Crippen LogP contribution in [0.15, 0.2) is 30.3 Å². The fourth-order valence-corrected chi connectivity index (χ4v) is 2.68. The molecule has 1 aromatic rings. The summed E-state index contributed by atoms with van der Waals surface area (Å²) < 4.78 is 16.3. The van der Waals surface area contributed by atoms with Gasteiger partial charge in [0.1, 0.15) is 0 Å². The van der Waals surface area contributed by atoms with Crippen LogP contribution >= 0.6 is 0 Å². The van der Waals surface area contributed by atoms with E-state index in [1.165, 1.54) is 14.2 Å². The van der Waals surface area contributed by atoms with Crippen LogP contribution in [0.3, 0.4) is 0 Å². The van der Waals surface area contributed by atoms with Gasteiger partial charge in [-0.2, -0.15) is 0 Å². The number of hydrogen-bond acceptors (Lipinski definition) is 4. The van der Waals surface area contributed by atoms with Gasteiger partial charge >= 0.3 is 5.97 Å². The van der Waals surface area contributed by atoms with E-state index in [0.29, 0.717) is 19.6 Å². The minimum Gasteiger partial charge on any atom is -0.481 e. The summed E-state index contributed by atoms with van der Waals surface area (Å²) in [5, 5.41) is 9.18. The van der Waals surface area contributed by atoms with E-state index in [-0.39, 0.29) is 5.92 Å². The maximum atomic E-state index is 11.2. The van der Waals surface area contributed by atoms with Gasteiger partial charge in [0.2, 0.25) is 0 Å². The first-order chi connectivity index (χ1) is 9.63. The van der Waals surface area contributed by atoms with Gasteiger partial charge in [0.05, 0.1) is 19.1 Å². The lowest BCUT2D eigenvalue weighted by Crippen LogP contribution is -2.60. The highest BCUT2D eigenvalue weighted by Crippen LogP contribution is 2.47. The molecule has 1 aliphatic rings. The first-order valence-electron chi connectivity index (χ1n) is 6.57. The normalized spacial score (nSPS) is 24.1. The number of carboxylic acid groups (broad SMARTS) is 1. The molecule has 1 aromatic carbocycles. The van der Waals surface area contributed by atoms with Gasteiger partial charge in [-0.15, -0.1) is 0 Å². The number of aliphatic carboxylic acids is 1. The van der Waals surface area contributed by atoms with E-state index in [2.05, 4.69) is 0 Å². The number of methoxy groups -OCH3 is 2. The van der Waals surface area contributed by atoms with E-state index in [1.807, 2.05) is 30.3 Å². The van der Waals surface area contributed by atoms with Crippen molar-refractivity contribution >= 4 is 5.97 Å². The molecule has 5 heteroatoms. The Morgan fingerprint density at radius 1 is 1.30 bits per heavy atom. The van der Waals surface area contributed by atoms with Crippen LogP contribution in [0, 0.1) is 11.8 Å². The molecule has 1 saturated carbocycles. The Morgan fingerprint density at radius 2 is 1.95 bits per heavy atom. The SMILES string of the molecule is COC1(OC)C[C@H](C(=O)O)C1COCc1ccccc1. The highest BCUT2D eigenvalue weighted by atomic mass is 16.7. The lowest BCUT2D eigenvalue weighted by Gasteiger charge is -2.50. The summed E-state index contributed by atoms with van der Waals surface area (Å²) in [7, 11) is 3.07. The first-order valence-corrected chi connectivity index (χ1v) is 6.57. The van der Waals surface area contributed by atoms with Gasteiger partial charge in [0.15, 0.2) is 5.79 Å². The summed E-state index contributed by atoms with van der Waals surface area (Å²) in [5.74, 6) is -2.44. The predicted molar refractivity (Wildman–Crippen MR) is 72.1 cm³/mol. The van der Waals surface area contributed by atoms with Gasteiger partial charge in [-0.05, 0) is 5.56 Å². The molecular weight excluding hydrogens is 260 g/mol.